The third-order valence-corrected chi connectivity index (χ3v) is 3.78. The first-order valence-corrected chi connectivity index (χ1v) is 8.34. The lowest BCUT2D eigenvalue weighted by Gasteiger charge is -2.07. The Morgan fingerprint density at radius 1 is 1.08 bits per heavy atom. The molecular formula is C20H25N2O2+. The Morgan fingerprint density at radius 2 is 1.79 bits per heavy atom. The van der Waals surface area contributed by atoms with Gasteiger partial charge in [-0.25, -0.2) is 14.7 Å². The van der Waals surface area contributed by atoms with E-state index in [0.29, 0.717) is 5.56 Å². The number of benzene rings is 2. The third kappa shape index (κ3) is 5.23. The van der Waals surface area contributed by atoms with Gasteiger partial charge in [0, 0.05) is 0 Å². The molecule has 24 heavy (non-hydrogen) atoms. The number of hydrogen-bond acceptors (Lipinski definition) is 2. The minimum absolute atomic E-state index is 0.323. The second-order valence-electron chi connectivity index (χ2n) is 5.58. The van der Waals surface area contributed by atoms with Crippen LogP contribution in [0.25, 0.3) is 0 Å². The van der Waals surface area contributed by atoms with E-state index in [0.717, 1.165) is 24.3 Å². The summed E-state index contributed by atoms with van der Waals surface area (Å²) < 4.78 is 6.92. The van der Waals surface area contributed by atoms with Crippen molar-refractivity contribution in [3.05, 3.63) is 60.2 Å². The van der Waals surface area contributed by atoms with Crippen LogP contribution in [0.15, 0.2) is 54.6 Å². The maximum atomic E-state index is 11.5. The fourth-order valence-electron chi connectivity index (χ4n) is 2.39. The van der Waals surface area contributed by atoms with E-state index in [2.05, 4.69) is 28.9 Å². The summed E-state index contributed by atoms with van der Waals surface area (Å²) in [6.45, 7) is 3.17. The average Bonchev–Trinajstić information content (AvgIpc) is 2.65. The van der Waals surface area contributed by atoms with E-state index in [1.54, 1.807) is 12.1 Å². The maximum absolute atomic E-state index is 11.5. The molecule has 2 aromatic carbocycles. The summed E-state index contributed by atoms with van der Waals surface area (Å²) in [7, 11) is 1.39. The monoisotopic (exact) mass is 325 g/mol. The summed E-state index contributed by atoms with van der Waals surface area (Å²) in [5.74, 6) is -0.323. The number of para-hydroxylation sites is 1. The molecule has 0 aliphatic rings. The normalized spacial score (nSPS) is 11.2. The Hall–Kier alpha value is -2.62. The van der Waals surface area contributed by atoms with Gasteiger partial charge in [-0.05, 0) is 49.2 Å². The van der Waals surface area contributed by atoms with Crippen molar-refractivity contribution in [3.63, 3.8) is 0 Å². The summed E-state index contributed by atoms with van der Waals surface area (Å²) in [5.41, 5.74) is 2.64. The second-order valence-corrected chi connectivity index (χ2v) is 5.58. The molecule has 0 heterocycles. The molecule has 0 fully saturated rings. The summed E-state index contributed by atoms with van der Waals surface area (Å²) >= 11 is 0. The van der Waals surface area contributed by atoms with Gasteiger partial charge in [0.1, 0.15) is 11.4 Å². The van der Waals surface area contributed by atoms with Gasteiger partial charge in [0.25, 0.3) is 0 Å². The minimum Gasteiger partial charge on any atom is -0.465 e. The van der Waals surface area contributed by atoms with Crippen molar-refractivity contribution in [2.45, 2.75) is 26.2 Å². The maximum Gasteiger partial charge on any atom is 0.337 e. The predicted molar refractivity (Wildman–Crippen MR) is 98.2 cm³/mol. The van der Waals surface area contributed by atoms with E-state index in [1.165, 1.54) is 20.0 Å². The van der Waals surface area contributed by atoms with Gasteiger partial charge in [-0.15, -0.1) is 0 Å². The highest BCUT2D eigenvalue weighted by Gasteiger charge is 2.07. The number of rotatable bonds is 8. The number of ether oxygens (including phenoxy) is 1. The molecular weight excluding hydrogens is 300 g/mol. The number of carbonyl (C=O) groups is 1. The Bertz CT molecular complexity index is 664. The lowest BCUT2D eigenvalue weighted by molar-refractivity contribution is -0.436. The van der Waals surface area contributed by atoms with Crippen LogP contribution in [0.2, 0.25) is 0 Å². The zero-order valence-corrected chi connectivity index (χ0v) is 14.4. The quantitative estimate of drug-likeness (QED) is 0.256. The first-order valence-electron chi connectivity index (χ1n) is 8.34. The molecule has 0 aliphatic heterocycles. The van der Waals surface area contributed by atoms with Gasteiger partial charge in [0.15, 0.2) is 0 Å². The lowest BCUT2D eigenvalue weighted by atomic mass is 10.2. The molecule has 0 unspecified atom stereocenters. The zero-order valence-electron chi connectivity index (χ0n) is 14.4. The standard InChI is InChI=1S/C20H24N2O2/c1-3-4-8-15-22(19-9-6-5-7-10-19)16-21-18-13-11-17(12-14-18)20(23)24-2/h5-7,9-14,16H,3-4,8,15H2,1-2H3/p+1. The molecule has 0 saturated heterocycles. The summed E-state index contributed by atoms with van der Waals surface area (Å²) in [4.78, 5) is 11.5. The van der Waals surface area contributed by atoms with E-state index >= 15 is 0 Å². The van der Waals surface area contributed by atoms with Gasteiger partial charge in [0.2, 0.25) is 6.34 Å². The topological polar surface area (TPSA) is 41.3 Å². The molecule has 0 atom stereocenters. The Morgan fingerprint density at radius 3 is 2.42 bits per heavy atom. The van der Waals surface area contributed by atoms with Crippen LogP contribution in [-0.2, 0) is 4.74 Å². The zero-order chi connectivity index (χ0) is 17.2. The fourth-order valence-corrected chi connectivity index (χ4v) is 2.39. The lowest BCUT2D eigenvalue weighted by Crippen LogP contribution is -2.14. The predicted octanol–water partition coefficient (Wildman–Crippen LogP) is 4.45. The molecule has 4 nitrogen and oxygen atoms in total. The SMILES string of the molecule is CCCCC[N+](=CNc1ccc(C(=O)OC)cc1)c1ccccc1. The molecule has 4 heteroatoms. The molecule has 0 bridgehead atoms. The number of unbranched alkanes of at least 4 members (excludes halogenated alkanes) is 2. The molecule has 2 rings (SSSR count). The van der Waals surface area contributed by atoms with Gasteiger partial charge in [-0.3, -0.25) is 0 Å². The minimum atomic E-state index is -0.323. The Labute approximate surface area is 143 Å². The van der Waals surface area contributed by atoms with Gasteiger partial charge < -0.3 is 4.74 Å². The highest BCUT2D eigenvalue weighted by atomic mass is 16.5. The number of anilines is 1. The fraction of sp³-hybridized carbons (Fsp3) is 0.300. The summed E-state index contributed by atoms with van der Waals surface area (Å²) in [5, 5.41) is 3.30. The molecule has 0 spiro atoms. The Balaban J connectivity index is 2.10. The van der Waals surface area contributed by atoms with E-state index in [-0.39, 0.29) is 5.97 Å². The highest BCUT2D eigenvalue weighted by molar-refractivity contribution is 5.90. The van der Waals surface area contributed by atoms with Crippen molar-refractivity contribution in [2.75, 3.05) is 19.0 Å². The van der Waals surface area contributed by atoms with Crippen LogP contribution in [0.3, 0.4) is 0 Å². The van der Waals surface area contributed by atoms with Crippen LogP contribution in [0, 0.1) is 0 Å². The van der Waals surface area contributed by atoms with Crippen molar-refractivity contribution >= 4 is 23.7 Å². The highest BCUT2D eigenvalue weighted by Crippen LogP contribution is 2.13. The third-order valence-electron chi connectivity index (χ3n) is 3.78. The number of esters is 1. The van der Waals surface area contributed by atoms with Gasteiger partial charge >= 0.3 is 5.97 Å². The largest absolute Gasteiger partial charge is 0.465 e. The van der Waals surface area contributed by atoms with Crippen molar-refractivity contribution in [1.82, 2.24) is 0 Å². The molecule has 0 radical (unpaired) electrons. The van der Waals surface area contributed by atoms with Gasteiger partial charge in [-0.1, -0.05) is 31.5 Å². The van der Waals surface area contributed by atoms with Gasteiger partial charge in [-0.2, -0.15) is 0 Å². The van der Waals surface area contributed by atoms with E-state index in [4.69, 9.17) is 4.74 Å². The Kier molecular flexibility index (Phi) is 7.02. The number of nitrogens with zero attached hydrogens (tertiary/aromatic N) is 1. The smallest absolute Gasteiger partial charge is 0.337 e. The van der Waals surface area contributed by atoms with Crippen LogP contribution >= 0.6 is 0 Å². The van der Waals surface area contributed by atoms with Crippen LogP contribution in [0.1, 0.15) is 36.5 Å². The van der Waals surface area contributed by atoms with Crippen LogP contribution in [-0.4, -0.2) is 30.5 Å². The second kappa shape index (κ2) is 9.50. The molecule has 0 aromatic heterocycles. The number of methoxy groups -OCH3 is 1. The first kappa shape index (κ1) is 17.7. The molecule has 2 aromatic rings. The average molecular weight is 325 g/mol. The van der Waals surface area contributed by atoms with E-state index < -0.39 is 0 Å². The van der Waals surface area contributed by atoms with Crippen molar-refractivity contribution < 1.29 is 14.1 Å². The van der Waals surface area contributed by atoms with Crippen LogP contribution in [0.5, 0.6) is 0 Å². The van der Waals surface area contributed by atoms with Crippen LogP contribution < -0.4 is 5.32 Å². The molecule has 126 valence electrons. The van der Waals surface area contributed by atoms with E-state index in [1.807, 2.05) is 36.7 Å². The summed E-state index contributed by atoms with van der Waals surface area (Å²) in [6, 6.07) is 17.6. The van der Waals surface area contributed by atoms with E-state index in [9.17, 15) is 4.79 Å². The van der Waals surface area contributed by atoms with Crippen molar-refractivity contribution in [2.24, 2.45) is 0 Å². The first-order chi connectivity index (χ1) is 11.7. The van der Waals surface area contributed by atoms with Crippen molar-refractivity contribution in [3.8, 4) is 0 Å². The molecule has 0 aliphatic carbocycles. The molecule has 1 N–H and O–H groups in total. The molecule has 0 saturated carbocycles. The number of hydrogen-bond donors (Lipinski definition) is 1. The van der Waals surface area contributed by atoms with Crippen LogP contribution in [0.4, 0.5) is 11.4 Å². The molecule has 0 amide bonds. The van der Waals surface area contributed by atoms with Gasteiger partial charge in [0.05, 0.1) is 19.2 Å². The summed E-state index contributed by atoms with van der Waals surface area (Å²) in [6.07, 6.45) is 5.54. The number of nitrogens with one attached hydrogen (secondary N) is 1. The number of carbonyl (C=O) groups excluding carboxylic acids is 1. The van der Waals surface area contributed by atoms with Crippen molar-refractivity contribution in [1.29, 1.82) is 0 Å².